The lowest BCUT2D eigenvalue weighted by Gasteiger charge is -2.31. The van der Waals surface area contributed by atoms with E-state index in [1.165, 1.54) is 6.33 Å². The summed E-state index contributed by atoms with van der Waals surface area (Å²) in [6.07, 6.45) is 6.15. The highest BCUT2D eigenvalue weighted by atomic mass is 16.5. The van der Waals surface area contributed by atoms with Gasteiger partial charge in [-0.15, -0.1) is 0 Å². The maximum Gasteiger partial charge on any atom is 0.242 e. The van der Waals surface area contributed by atoms with Crippen LogP contribution in [0.25, 0.3) is 0 Å². The first kappa shape index (κ1) is 15.7. The van der Waals surface area contributed by atoms with E-state index in [1.54, 1.807) is 19.3 Å². The summed E-state index contributed by atoms with van der Waals surface area (Å²) in [6, 6.07) is 1.84. The number of likely N-dealkylation sites (tertiary alicyclic amines) is 1. The average Bonchev–Trinajstić information content (AvgIpc) is 3.25. The van der Waals surface area contributed by atoms with E-state index < -0.39 is 0 Å². The molecule has 0 spiro atoms. The number of anilines is 1. The summed E-state index contributed by atoms with van der Waals surface area (Å²) in [4.78, 5) is 18.9. The molecular weight excluding hydrogens is 296 g/mol. The van der Waals surface area contributed by atoms with Gasteiger partial charge in [0.1, 0.15) is 18.4 Å². The SMILES string of the molecule is CC[C@@H](C(=O)Nc1cc(C)on1)N1CCC[C@@H]1Cn1cncn1. The third-order valence-electron chi connectivity index (χ3n) is 4.26. The molecule has 0 aliphatic carbocycles. The van der Waals surface area contributed by atoms with Crippen LogP contribution >= 0.6 is 0 Å². The van der Waals surface area contributed by atoms with Gasteiger partial charge in [0, 0.05) is 12.1 Å². The summed E-state index contributed by atoms with van der Waals surface area (Å²) in [5.74, 6) is 1.11. The first-order valence-electron chi connectivity index (χ1n) is 7.99. The van der Waals surface area contributed by atoms with Gasteiger partial charge in [-0.1, -0.05) is 12.1 Å². The zero-order valence-corrected chi connectivity index (χ0v) is 13.5. The average molecular weight is 318 g/mol. The van der Waals surface area contributed by atoms with Gasteiger partial charge >= 0.3 is 0 Å². The molecular formula is C15H22N6O2. The monoisotopic (exact) mass is 318 g/mol. The summed E-state index contributed by atoms with van der Waals surface area (Å²) in [5.41, 5.74) is 0. The normalized spacial score (nSPS) is 19.8. The Balaban J connectivity index is 1.67. The fourth-order valence-electron chi connectivity index (χ4n) is 3.21. The molecule has 2 aromatic heterocycles. The quantitative estimate of drug-likeness (QED) is 0.867. The van der Waals surface area contributed by atoms with E-state index in [-0.39, 0.29) is 11.9 Å². The van der Waals surface area contributed by atoms with Gasteiger partial charge in [-0.05, 0) is 32.7 Å². The highest BCUT2D eigenvalue weighted by molar-refractivity contribution is 5.94. The van der Waals surface area contributed by atoms with E-state index in [1.807, 2.05) is 11.6 Å². The Hall–Kier alpha value is -2.22. The molecule has 8 heteroatoms. The zero-order chi connectivity index (χ0) is 16.2. The largest absolute Gasteiger partial charge is 0.360 e. The van der Waals surface area contributed by atoms with Crippen LogP contribution in [-0.4, -0.2) is 49.4 Å². The van der Waals surface area contributed by atoms with Crippen LogP contribution in [0.1, 0.15) is 31.9 Å². The minimum absolute atomic E-state index is 0.0358. The maximum absolute atomic E-state index is 12.6. The molecule has 2 aromatic rings. The van der Waals surface area contributed by atoms with E-state index in [9.17, 15) is 4.79 Å². The Morgan fingerprint density at radius 3 is 3.09 bits per heavy atom. The van der Waals surface area contributed by atoms with Crippen molar-refractivity contribution in [1.29, 1.82) is 0 Å². The number of carbonyl (C=O) groups is 1. The number of nitrogens with zero attached hydrogens (tertiary/aromatic N) is 5. The molecule has 0 radical (unpaired) electrons. The maximum atomic E-state index is 12.6. The standard InChI is InChI=1S/C15H22N6O2/c1-3-13(15(22)18-14-7-11(2)23-19-14)21-6-4-5-12(21)8-20-10-16-9-17-20/h7,9-10,12-13H,3-6,8H2,1-2H3,(H,18,19,22)/t12-,13+/m1/s1. The molecule has 1 N–H and O–H groups in total. The van der Waals surface area contributed by atoms with Gasteiger partial charge < -0.3 is 9.84 Å². The van der Waals surface area contributed by atoms with Crippen molar-refractivity contribution >= 4 is 11.7 Å². The van der Waals surface area contributed by atoms with Crippen LogP contribution in [0, 0.1) is 6.92 Å². The number of nitrogens with one attached hydrogen (secondary N) is 1. The predicted octanol–water partition coefficient (Wildman–Crippen LogP) is 1.46. The molecule has 1 saturated heterocycles. The lowest BCUT2D eigenvalue weighted by Crippen LogP contribution is -2.47. The molecule has 1 aliphatic heterocycles. The lowest BCUT2D eigenvalue weighted by atomic mass is 10.1. The van der Waals surface area contributed by atoms with Crippen LogP contribution in [0.2, 0.25) is 0 Å². The van der Waals surface area contributed by atoms with Gasteiger partial charge in [-0.3, -0.25) is 14.4 Å². The van der Waals surface area contributed by atoms with E-state index >= 15 is 0 Å². The highest BCUT2D eigenvalue weighted by Gasteiger charge is 2.34. The van der Waals surface area contributed by atoms with Crippen LogP contribution in [0.3, 0.4) is 0 Å². The van der Waals surface area contributed by atoms with Crippen molar-refractivity contribution in [3.05, 3.63) is 24.5 Å². The third-order valence-corrected chi connectivity index (χ3v) is 4.26. The fourth-order valence-corrected chi connectivity index (χ4v) is 3.21. The van der Waals surface area contributed by atoms with Crippen molar-refractivity contribution in [3.63, 3.8) is 0 Å². The Bertz CT molecular complexity index is 638. The van der Waals surface area contributed by atoms with Gasteiger partial charge in [0.05, 0.1) is 12.6 Å². The Morgan fingerprint density at radius 1 is 1.57 bits per heavy atom. The second kappa shape index (κ2) is 6.91. The van der Waals surface area contributed by atoms with Gasteiger partial charge in [-0.2, -0.15) is 5.10 Å². The van der Waals surface area contributed by atoms with Crippen molar-refractivity contribution < 1.29 is 9.32 Å². The minimum atomic E-state index is -0.178. The number of aromatic nitrogens is 4. The van der Waals surface area contributed by atoms with Crippen LogP contribution in [0.4, 0.5) is 5.82 Å². The third kappa shape index (κ3) is 3.58. The van der Waals surface area contributed by atoms with Gasteiger partial charge in [0.25, 0.3) is 0 Å². The molecule has 1 fully saturated rings. The van der Waals surface area contributed by atoms with Gasteiger partial charge in [0.2, 0.25) is 5.91 Å². The molecule has 2 atom stereocenters. The molecule has 0 saturated carbocycles. The smallest absolute Gasteiger partial charge is 0.242 e. The molecule has 1 amide bonds. The van der Waals surface area contributed by atoms with Crippen LogP contribution in [0.15, 0.2) is 23.2 Å². The number of hydrogen-bond acceptors (Lipinski definition) is 6. The van der Waals surface area contributed by atoms with Crippen molar-refractivity contribution in [1.82, 2.24) is 24.8 Å². The summed E-state index contributed by atoms with van der Waals surface area (Å²) >= 11 is 0. The van der Waals surface area contributed by atoms with Crippen molar-refractivity contribution in [2.24, 2.45) is 0 Å². The summed E-state index contributed by atoms with van der Waals surface area (Å²) in [7, 11) is 0. The number of hydrogen-bond donors (Lipinski definition) is 1. The van der Waals surface area contributed by atoms with Gasteiger partial charge in [-0.25, -0.2) is 4.98 Å². The highest BCUT2D eigenvalue weighted by Crippen LogP contribution is 2.23. The fraction of sp³-hybridized carbons (Fsp3) is 0.600. The molecule has 3 rings (SSSR count). The molecule has 0 unspecified atom stereocenters. The lowest BCUT2D eigenvalue weighted by molar-refractivity contribution is -0.122. The van der Waals surface area contributed by atoms with Crippen molar-refractivity contribution in [2.75, 3.05) is 11.9 Å². The second-order valence-corrected chi connectivity index (χ2v) is 5.89. The van der Waals surface area contributed by atoms with E-state index in [2.05, 4.69) is 25.5 Å². The first-order valence-corrected chi connectivity index (χ1v) is 7.99. The minimum Gasteiger partial charge on any atom is -0.360 e. The van der Waals surface area contributed by atoms with E-state index in [0.29, 0.717) is 17.6 Å². The Kier molecular flexibility index (Phi) is 4.71. The van der Waals surface area contributed by atoms with Crippen LogP contribution in [0.5, 0.6) is 0 Å². The topological polar surface area (TPSA) is 89.1 Å². The summed E-state index contributed by atoms with van der Waals surface area (Å²) in [5, 5.41) is 10.9. The molecule has 3 heterocycles. The summed E-state index contributed by atoms with van der Waals surface area (Å²) in [6.45, 7) is 5.51. The van der Waals surface area contributed by atoms with E-state index in [4.69, 9.17) is 4.52 Å². The molecule has 124 valence electrons. The molecule has 1 aliphatic rings. The number of carbonyl (C=O) groups excluding carboxylic acids is 1. The van der Waals surface area contributed by atoms with E-state index in [0.717, 1.165) is 32.4 Å². The zero-order valence-electron chi connectivity index (χ0n) is 13.5. The first-order chi connectivity index (χ1) is 11.2. The molecule has 8 nitrogen and oxygen atoms in total. The Labute approximate surface area is 134 Å². The number of aryl methyl sites for hydroxylation is 1. The van der Waals surface area contributed by atoms with Crippen molar-refractivity contribution in [2.45, 2.75) is 51.7 Å². The van der Waals surface area contributed by atoms with Gasteiger partial charge in [0.15, 0.2) is 5.82 Å². The number of rotatable bonds is 6. The van der Waals surface area contributed by atoms with Crippen molar-refractivity contribution in [3.8, 4) is 0 Å². The van der Waals surface area contributed by atoms with Crippen LogP contribution < -0.4 is 5.32 Å². The second-order valence-electron chi connectivity index (χ2n) is 5.89. The molecule has 0 aromatic carbocycles. The predicted molar refractivity (Wildman–Crippen MR) is 83.7 cm³/mol. The molecule has 0 bridgehead atoms. The molecule has 23 heavy (non-hydrogen) atoms. The van der Waals surface area contributed by atoms with Crippen LogP contribution in [-0.2, 0) is 11.3 Å². The Morgan fingerprint density at radius 2 is 2.43 bits per heavy atom. The summed E-state index contributed by atoms with van der Waals surface area (Å²) < 4.78 is 6.83. The number of amides is 1.